The van der Waals surface area contributed by atoms with Crippen molar-refractivity contribution in [3.05, 3.63) is 24.4 Å². The lowest BCUT2D eigenvalue weighted by atomic mass is 9.99. The number of hydrogen-bond donors (Lipinski definition) is 9. The average Bonchev–Trinajstić information content (AvgIpc) is 0.867. The van der Waals surface area contributed by atoms with Gasteiger partial charge in [-0.15, -0.1) is 0 Å². The summed E-state index contributed by atoms with van der Waals surface area (Å²) in [6.07, 6.45) is 16.8. The van der Waals surface area contributed by atoms with Gasteiger partial charge in [0.15, 0.2) is 0 Å². The van der Waals surface area contributed by atoms with Crippen LogP contribution in [0.2, 0.25) is 0 Å². The van der Waals surface area contributed by atoms with Crippen LogP contribution in [0.1, 0.15) is 216 Å². The zero-order valence-corrected chi connectivity index (χ0v) is 81.0. The van der Waals surface area contributed by atoms with Crippen LogP contribution < -0.4 is 16.0 Å². The number of rotatable bonds is 47. The lowest BCUT2D eigenvalue weighted by Crippen LogP contribution is -2.40. The van der Waals surface area contributed by atoms with Gasteiger partial charge in [0.05, 0.1) is 5.37 Å². The maximum Gasteiger partial charge on any atom is 0.410 e. The largest absolute Gasteiger partial charge is 0.444 e. The summed E-state index contributed by atoms with van der Waals surface area (Å²) in [5.74, 6) is 10.8. The third-order valence-electron chi connectivity index (χ3n) is 13.7. The molecule has 0 spiro atoms. The van der Waals surface area contributed by atoms with Crippen molar-refractivity contribution in [3.63, 3.8) is 0 Å². The number of alkyl carbamates (subject to hydrolysis) is 2. The lowest BCUT2D eigenvalue weighted by Gasteiger charge is -2.33. The number of amides is 6. The molecule has 0 aliphatic carbocycles. The van der Waals surface area contributed by atoms with Crippen LogP contribution in [0, 0.1) is 10.8 Å². The fourth-order valence-electron chi connectivity index (χ4n) is 7.95. The quantitative estimate of drug-likeness (QED) is 0.0120. The van der Waals surface area contributed by atoms with Gasteiger partial charge in [0.2, 0.25) is 0 Å². The Labute approximate surface area is 715 Å². The number of carbonyl (C=O) groups is 6. The maximum absolute atomic E-state index is 13.4. The monoisotopic (exact) mass is 1770 g/mol. The van der Waals surface area contributed by atoms with Crippen LogP contribution in [0.15, 0.2) is 24.4 Å². The Morgan fingerprint density at radius 2 is 0.664 bits per heavy atom. The highest BCUT2D eigenvalue weighted by Crippen LogP contribution is 2.45. The van der Waals surface area contributed by atoms with E-state index in [1.165, 1.54) is 32.1 Å². The Kier molecular flexibility index (Phi) is 65.3. The molecule has 1 aliphatic rings. The van der Waals surface area contributed by atoms with Gasteiger partial charge >= 0.3 is 36.6 Å². The molecule has 1 atom stereocenters. The molecule has 1 unspecified atom stereocenters. The normalized spacial score (nSPS) is 13.2. The number of allylic oxidation sites excluding steroid dienone is 2. The number of nitrogens with zero attached hydrogens (tertiary/aromatic N) is 4. The molecule has 1 heterocycles. The van der Waals surface area contributed by atoms with E-state index >= 15 is 0 Å². The number of thiol groups is 6. The first-order valence-corrected chi connectivity index (χ1v) is 51.1. The molecule has 0 radical (unpaired) electrons. The summed E-state index contributed by atoms with van der Waals surface area (Å²) < 4.78 is 33.5. The molecule has 0 saturated carbocycles. The summed E-state index contributed by atoms with van der Waals surface area (Å²) in [6.45, 7) is 45.2. The van der Waals surface area contributed by atoms with Crippen LogP contribution >= 0.6 is 162 Å². The van der Waals surface area contributed by atoms with Crippen LogP contribution in [0.5, 0.6) is 0 Å². The molecule has 0 aromatic rings. The van der Waals surface area contributed by atoms with Gasteiger partial charge in [0.1, 0.15) is 33.6 Å². The van der Waals surface area contributed by atoms with Crippen LogP contribution in [0.3, 0.4) is 0 Å². The fraction of sp³-hybridized carbons (Fsp3) is 0.865. The molecule has 632 valence electrons. The van der Waals surface area contributed by atoms with Crippen molar-refractivity contribution in [1.82, 2.24) is 35.6 Å². The summed E-state index contributed by atoms with van der Waals surface area (Å²) in [5.41, 5.74) is -3.46. The number of dihydropyridines is 1. The molecule has 6 amide bonds. The molecule has 3 N–H and O–H groups in total. The van der Waals surface area contributed by atoms with Crippen LogP contribution in [0.4, 0.5) is 28.8 Å². The summed E-state index contributed by atoms with van der Waals surface area (Å²) >= 11 is 25.0. The number of carbonyl (C=O) groups excluding carboxylic acids is 6. The first-order valence-electron chi connectivity index (χ1n) is 37.5. The van der Waals surface area contributed by atoms with Crippen LogP contribution in [-0.2, 0) is 28.4 Å². The molecule has 0 bridgehead atoms. The summed E-state index contributed by atoms with van der Waals surface area (Å²) in [7, 11) is 14.8. The fourth-order valence-corrected chi connectivity index (χ4v) is 22.2. The highest BCUT2D eigenvalue weighted by molar-refractivity contribution is 8.78. The Balaban J connectivity index is -0.00000283. The van der Waals surface area contributed by atoms with Crippen molar-refractivity contribution < 1.29 is 57.2 Å². The minimum Gasteiger partial charge on any atom is -0.444 e. The van der Waals surface area contributed by atoms with Gasteiger partial charge in [0, 0.05) is 128 Å². The molecule has 0 fully saturated rings. The third-order valence-corrected chi connectivity index (χ3v) is 27.4. The van der Waals surface area contributed by atoms with E-state index < -0.39 is 45.8 Å². The van der Waals surface area contributed by atoms with E-state index in [0.717, 1.165) is 89.8 Å². The molecule has 19 nitrogen and oxygen atoms in total. The number of nitrogens with one attached hydrogen (secondary N) is 3. The van der Waals surface area contributed by atoms with E-state index in [1.54, 1.807) is 47.1 Å². The van der Waals surface area contributed by atoms with E-state index in [0.29, 0.717) is 89.0 Å². The van der Waals surface area contributed by atoms with Crippen molar-refractivity contribution in [2.45, 2.75) is 255 Å². The van der Waals surface area contributed by atoms with Crippen molar-refractivity contribution in [2.24, 2.45) is 10.8 Å². The third kappa shape index (κ3) is 68.7. The number of ether oxygens (including phenoxy) is 6. The number of hydrogen-bond acceptors (Lipinski definition) is 27. The topological polar surface area (TPSA) is 207 Å². The van der Waals surface area contributed by atoms with Crippen molar-refractivity contribution >= 4 is 199 Å². The minimum absolute atomic E-state index is 0.0870. The first kappa shape index (κ1) is 111. The standard InChI is InChI=1S/C53H103N5O10S8.C11H23NO2S.C5H7NS.C5H12S4/c1-18-20-22-23-24-35-69-73-39-53(40-74-70-36-32-56(29-21-19-2)45(61)66-50(9,10)11,41-75-71-37-33-57(46(62)67-51(12,13)14)30-25-27-54-43(59)64-48(3,4)5)42-76-72-38-34-58(47(63)68-52(15,16)17)31-26-28-55-44(60)65-49(6,7)8;1-5-6-7-12(8-9-15)10(13)14-11(2,3)4;7-5-3-1-2-4-6-5;6-1-5(2-7,3-8)4-9/h18-42H2,1-17H3,(H,54,59)(H,55,60);15H,5-9H2,1-4H3;1-7H;6-9H,1-4H2. The van der Waals surface area contributed by atoms with Crippen LogP contribution in [0.25, 0.3) is 0 Å². The Morgan fingerprint density at radius 3 is 0.916 bits per heavy atom. The summed E-state index contributed by atoms with van der Waals surface area (Å²) in [4.78, 5) is 83.4. The van der Waals surface area contributed by atoms with E-state index in [-0.39, 0.29) is 40.6 Å². The van der Waals surface area contributed by atoms with Crippen LogP contribution in [-0.4, -0.2) is 235 Å². The van der Waals surface area contributed by atoms with E-state index in [2.05, 4.69) is 112 Å². The van der Waals surface area contributed by atoms with Crippen molar-refractivity contribution in [1.29, 1.82) is 0 Å². The molecule has 0 saturated heterocycles. The summed E-state index contributed by atoms with van der Waals surface area (Å²) in [6, 6.07) is 0. The molecule has 0 aromatic heterocycles. The molecular formula is C74H145N7O12S14. The van der Waals surface area contributed by atoms with E-state index in [9.17, 15) is 28.8 Å². The Bertz CT molecular complexity index is 2300. The Morgan fingerprint density at radius 1 is 0.364 bits per heavy atom. The van der Waals surface area contributed by atoms with Crippen molar-refractivity contribution in [3.8, 4) is 0 Å². The molecule has 33 heteroatoms. The highest BCUT2D eigenvalue weighted by atomic mass is 33.1. The van der Waals surface area contributed by atoms with Gasteiger partial charge < -0.3 is 64.0 Å². The Hall–Kier alpha value is -0.200. The van der Waals surface area contributed by atoms with Gasteiger partial charge in [-0.1, -0.05) is 158 Å². The molecule has 0 aromatic carbocycles. The SMILES string of the molecule is CCCCCCCSSCC(CSSCCN(CCCC)C(=O)OC(C)(C)C)(CSSCCN(CCCNC(=O)OC(C)(C)C)C(=O)OC(C)(C)C)CSSCCN(CCCNC(=O)OC(C)(C)C)C(=O)OC(C)(C)C.CCCCN(CCS)C(=O)OC(C)(C)C.SC1C=CC=CN1.SCC(CS)(CS)CS. The predicted octanol–water partition coefficient (Wildman–Crippen LogP) is 21.4. The van der Waals surface area contributed by atoms with Crippen molar-refractivity contribution in [2.75, 3.05) is 140 Å². The predicted molar refractivity (Wildman–Crippen MR) is 495 cm³/mol. The minimum atomic E-state index is -0.652. The van der Waals surface area contributed by atoms with Gasteiger partial charge in [-0.2, -0.15) is 75.8 Å². The zero-order valence-electron chi connectivity index (χ0n) is 69.1. The second-order valence-corrected chi connectivity index (χ2v) is 44.2. The van der Waals surface area contributed by atoms with Gasteiger partial charge in [-0.3, -0.25) is 0 Å². The first-order chi connectivity index (χ1) is 49.8. The van der Waals surface area contributed by atoms with Gasteiger partial charge in [-0.25, -0.2) is 28.8 Å². The number of unbranched alkanes of at least 4 members (excludes halogenated alkanes) is 6. The highest BCUT2D eigenvalue weighted by Gasteiger charge is 2.33. The van der Waals surface area contributed by atoms with E-state index in [4.69, 9.17) is 28.4 Å². The second kappa shape index (κ2) is 63.0. The zero-order chi connectivity index (χ0) is 82.2. The smallest absolute Gasteiger partial charge is 0.410 e. The van der Waals surface area contributed by atoms with Gasteiger partial charge in [-0.05, 0) is 192 Å². The molecule has 1 rings (SSSR count). The molecule has 1 aliphatic heterocycles. The maximum atomic E-state index is 13.4. The molecular weight excluding hydrogens is 1630 g/mol. The average molecular weight is 1770 g/mol. The lowest BCUT2D eigenvalue weighted by molar-refractivity contribution is 0.0248. The van der Waals surface area contributed by atoms with Gasteiger partial charge in [0.25, 0.3) is 0 Å². The summed E-state index contributed by atoms with van der Waals surface area (Å²) in [5, 5.41) is 8.79. The molecule has 107 heavy (non-hydrogen) atoms. The second-order valence-electron chi connectivity index (χ2n) is 31.6. The van der Waals surface area contributed by atoms with E-state index in [1.807, 2.05) is 208 Å².